The third-order valence-electron chi connectivity index (χ3n) is 7.69. The Morgan fingerprint density at radius 2 is 1.21 bits per heavy atom. The molecule has 0 aromatic heterocycles. The Hall–Kier alpha value is -3.18. The molecule has 2 heterocycles. The highest BCUT2D eigenvalue weighted by molar-refractivity contribution is 5.68. The van der Waals surface area contributed by atoms with Gasteiger partial charge in [-0.05, 0) is 37.3 Å². The molecule has 2 aliphatic heterocycles. The zero-order valence-corrected chi connectivity index (χ0v) is 26.1. The Kier molecular flexibility index (Phi) is 11.4. The van der Waals surface area contributed by atoms with Crippen LogP contribution in [0.2, 0.25) is 0 Å². The number of ether oxygens (including phenoxy) is 1. The maximum atomic E-state index is 12.0. The first kappa shape index (κ1) is 33.3. The highest BCUT2D eigenvalue weighted by Crippen LogP contribution is 2.30. The van der Waals surface area contributed by atoms with Crippen molar-refractivity contribution in [1.29, 1.82) is 0 Å². The predicted molar refractivity (Wildman–Crippen MR) is 166 cm³/mol. The van der Waals surface area contributed by atoms with Gasteiger partial charge in [0.25, 0.3) is 0 Å². The quantitative estimate of drug-likeness (QED) is 0.479. The maximum Gasteiger partial charge on any atom is 0.410 e. The van der Waals surface area contributed by atoms with Crippen molar-refractivity contribution in [3.8, 4) is 0 Å². The molecule has 2 aliphatic rings. The summed E-state index contributed by atoms with van der Waals surface area (Å²) in [6.07, 6.45) is -1.39. The highest BCUT2D eigenvalue weighted by Gasteiger charge is 2.39. The molecule has 5 N–H and O–H groups in total. The average Bonchev–Trinajstić information content (AvgIpc) is 2.96. The van der Waals surface area contributed by atoms with E-state index in [0.29, 0.717) is 32.7 Å². The van der Waals surface area contributed by atoms with Gasteiger partial charge in [0.1, 0.15) is 5.60 Å². The smallest absolute Gasteiger partial charge is 0.410 e. The number of benzene rings is 2. The van der Waals surface area contributed by atoms with Crippen LogP contribution in [0.1, 0.15) is 65.0 Å². The van der Waals surface area contributed by atoms with E-state index in [9.17, 15) is 14.7 Å². The number of amides is 2. The van der Waals surface area contributed by atoms with Crippen molar-refractivity contribution in [2.24, 2.45) is 16.9 Å². The van der Waals surface area contributed by atoms with E-state index in [1.165, 1.54) is 0 Å². The number of carbonyl (C=O) groups excluding carboxylic acids is 1. The number of nitrogens with two attached hydrogens (primary N) is 2. The van der Waals surface area contributed by atoms with Crippen LogP contribution in [0, 0.1) is 5.41 Å². The molecule has 4 rings (SSSR count). The lowest BCUT2D eigenvalue weighted by Gasteiger charge is -2.47. The lowest BCUT2D eigenvalue weighted by atomic mass is 9.84. The summed E-state index contributed by atoms with van der Waals surface area (Å²) in [5.74, 6) is 0. The van der Waals surface area contributed by atoms with Crippen molar-refractivity contribution >= 4 is 12.2 Å². The summed E-state index contributed by atoms with van der Waals surface area (Å²) in [4.78, 5) is 31.1. The van der Waals surface area contributed by atoms with Gasteiger partial charge in [-0.1, -0.05) is 81.4 Å². The largest absolute Gasteiger partial charge is 0.465 e. The lowest BCUT2D eigenvalue weighted by Crippen LogP contribution is -2.60. The molecule has 10 nitrogen and oxygen atoms in total. The van der Waals surface area contributed by atoms with Crippen molar-refractivity contribution in [1.82, 2.24) is 19.6 Å². The van der Waals surface area contributed by atoms with Crippen LogP contribution in [0.25, 0.3) is 0 Å². The van der Waals surface area contributed by atoms with Crippen molar-refractivity contribution in [2.45, 2.75) is 65.5 Å². The van der Waals surface area contributed by atoms with Gasteiger partial charge in [-0.25, -0.2) is 9.59 Å². The average molecular weight is 583 g/mol. The normalized spacial score (nSPS) is 20.2. The van der Waals surface area contributed by atoms with E-state index in [1.54, 1.807) is 9.80 Å². The van der Waals surface area contributed by atoms with Crippen LogP contribution in [-0.4, -0.2) is 94.3 Å². The van der Waals surface area contributed by atoms with Crippen LogP contribution in [0.4, 0.5) is 9.59 Å². The summed E-state index contributed by atoms with van der Waals surface area (Å²) in [5, 5.41) is 9.39. The van der Waals surface area contributed by atoms with E-state index < -0.39 is 11.7 Å². The molecule has 3 unspecified atom stereocenters. The zero-order valence-electron chi connectivity index (χ0n) is 26.1. The Balaban J connectivity index is 0.000000230. The Labute approximate surface area is 251 Å². The maximum absolute atomic E-state index is 12.0. The molecular formula is C32H50N6O4. The topological polar surface area (TPSA) is 129 Å². The molecule has 0 bridgehead atoms. The van der Waals surface area contributed by atoms with Gasteiger partial charge >= 0.3 is 12.2 Å². The van der Waals surface area contributed by atoms with Gasteiger partial charge < -0.3 is 31.1 Å². The second-order valence-corrected chi connectivity index (χ2v) is 13.1. The van der Waals surface area contributed by atoms with Crippen molar-refractivity contribution < 1.29 is 19.4 Å². The molecule has 42 heavy (non-hydrogen) atoms. The highest BCUT2D eigenvalue weighted by atomic mass is 16.6. The van der Waals surface area contributed by atoms with Crippen molar-refractivity contribution in [3.63, 3.8) is 0 Å². The van der Waals surface area contributed by atoms with E-state index in [4.69, 9.17) is 16.2 Å². The third kappa shape index (κ3) is 9.42. The first-order valence-corrected chi connectivity index (χ1v) is 14.7. The van der Waals surface area contributed by atoms with Gasteiger partial charge in [-0.2, -0.15) is 0 Å². The fraction of sp³-hybridized carbons (Fsp3) is 0.562. The summed E-state index contributed by atoms with van der Waals surface area (Å²) in [6.45, 7) is 16.5. The standard InChI is InChI=1S/2C16H25N3O2/c1-16(2,3)21-15(20)19-11-9-18(10-12-19)14(17)13-7-5-4-6-8-13;1-16(2,3)13-11-18(9-10-19(13)15(20)21)14(17)12-7-5-4-6-8-12/h4-8,14H,9-12,17H2,1-3H3;4-8,13-14H,9-11,17H2,1-3H3,(H,20,21). The minimum Gasteiger partial charge on any atom is -0.465 e. The molecule has 2 saturated heterocycles. The fourth-order valence-electron chi connectivity index (χ4n) is 5.26. The van der Waals surface area contributed by atoms with E-state index >= 15 is 0 Å². The Bertz CT molecular complexity index is 1130. The van der Waals surface area contributed by atoms with E-state index in [2.05, 4.69) is 30.6 Å². The Morgan fingerprint density at radius 1 is 0.762 bits per heavy atom. The van der Waals surface area contributed by atoms with Gasteiger partial charge in [0, 0.05) is 45.8 Å². The molecule has 2 fully saturated rings. The summed E-state index contributed by atoms with van der Waals surface area (Å²) in [5.41, 5.74) is 14.2. The third-order valence-corrected chi connectivity index (χ3v) is 7.69. The molecule has 0 spiro atoms. The predicted octanol–water partition coefficient (Wildman–Crippen LogP) is 4.55. The number of piperazine rings is 2. The molecule has 0 aliphatic carbocycles. The molecule has 2 amide bonds. The summed E-state index contributed by atoms with van der Waals surface area (Å²) in [7, 11) is 0. The molecule has 0 radical (unpaired) electrons. The second-order valence-electron chi connectivity index (χ2n) is 13.1. The zero-order chi connectivity index (χ0) is 31.1. The van der Waals surface area contributed by atoms with Gasteiger partial charge in [0.05, 0.1) is 18.4 Å². The van der Waals surface area contributed by atoms with Gasteiger partial charge in [0.15, 0.2) is 0 Å². The number of carbonyl (C=O) groups is 2. The van der Waals surface area contributed by atoms with Crippen molar-refractivity contribution in [3.05, 3.63) is 71.8 Å². The van der Waals surface area contributed by atoms with Gasteiger partial charge in [-0.3, -0.25) is 9.80 Å². The number of nitrogens with zero attached hydrogens (tertiary/aromatic N) is 4. The van der Waals surface area contributed by atoms with Crippen LogP contribution in [0.3, 0.4) is 0 Å². The van der Waals surface area contributed by atoms with Crippen LogP contribution in [0.15, 0.2) is 60.7 Å². The first-order chi connectivity index (χ1) is 19.7. The van der Waals surface area contributed by atoms with Crippen molar-refractivity contribution in [2.75, 3.05) is 45.8 Å². The number of carboxylic acid groups (broad SMARTS) is 1. The lowest BCUT2D eigenvalue weighted by molar-refractivity contribution is 0.00623. The number of hydrogen-bond donors (Lipinski definition) is 3. The SMILES string of the molecule is CC(C)(C)C1CN(C(N)c2ccccc2)CCN1C(=O)O.CC(C)(C)OC(=O)N1CCN(C(N)c2ccccc2)CC1. The summed E-state index contributed by atoms with van der Waals surface area (Å²) < 4.78 is 5.39. The monoisotopic (exact) mass is 582 g/mol. The first-order valence-electron chi connectivity index (χ1n) is 14.7. The molecular weight excluding hydrogens is 532 g/mol. The summed E-state index contributed by atoms with van der Waals surface area (Å²) in [6, 6.07) is 19.9. The van der Waals surface area contributed by atoms with Crippen LogP contribution < -0.4 is 11.5 Å². The van der Waals surface area contributed by atoms with Crippen LogP contribution >= 0.6 is 0 Å². The fourth-order valence-corrected chi connectivity index (χ4v) is 5.26. The molecule has 3 atom stereocenters. The van der Waals surface area contributed by atoms with Gasteiger partial charge in [-0.15, -0.1) is 0 Å². The molecule has 10 heteroatoms. The van der Waals surface area contributed by atoms with Crippen LogP contribution in [0.5, 0.6) is 0 Å². The molecule has 2 aromatic rings. The van der Waals surface area contributed by atoms with E-state index in [0.717, 1.165) is 24.2 Å². The van der Waals surface area contributed by atoms with E-state index in [1.807, 2.05) is 81.4 Å². The minimum absolute atomic E-state index is 0.0569. The second kappa shape index (κ2) is 14.3. The summed E-state index contributed by atoms with van der Waals surface area (Å²) >= 11 is 0. The molecule has 0 saturated carbocycles. The van der Waals surface area contributed by atoms with Gasteiger partial charge in [0.2, 0.25) is 0 Å². The molecule has 232 valence electrons. The Morgan fingerprint density at radius 3 is 1.64 bits per heavy atom. The van der Waals surface area contributed by atoms with Crippen LogP contribution in [-0.2, 0) is 4.74 Å². The number of hydrogen-bond acceptors (Lipinski definition) is 7. The number of rotatable bonds is 4. The van der Waals surface area contributed by atoms with E-state index in [-0.39, 0.29) is 29.9 Å². The molecule has 2 aromatic carbocycles. The minimum atomic E-state index is -0.845.